The average Bonchev–Trinajstić information content (AvgIpc) is 2.80. The fourth-order valence-electron chi connectivity index (χ4n) is 4.71. The molecule has 3 aliphatic rings. The zero-order chi connectivity index (χ0) is 20.7. The highest BCUT2D eigenvalue weighted by atomic mass is 16.5. The van der Waals surface area contributed by atoms with Crippen LogP contribution in [-0.4, -0.2) is 63.7 Å². The second-order valence-electron chi connectivity index (χ2n) is 9.07. The lowest BCUT2D eigenvalue weighted by molar-refractivity contribution is -0.153. The van der Waals surface area contributed by atoms with Crippen molar-refractivity contribution in [1.82, 2.24) is 9.80 Å². The second-order valence-corrected chi connectivity index (χ2v) is 9.07. The van der Waals surface area contributed by atoms with Crippen LogP contribution in [0.15, 0.2) is 11.6 Å². The third-order valence-electron chi connectivity index (χ3n) is 6.77. The van der Waals surface area contributed by atoms with E-state index in [-0.39, 0.29) is 18.4 Å². The topological polar surface area (TPSA) is 87.2 Å². The number of carbonyl (C=O) groups is 3. The zero-order valence-electron chi connectivity index (χ0n) is 17.4. The lowest BCUT2D eigenvalue weighted by Gasteiger charge is -2.36. The Balaban J connectivity index is 1.66. The monoisotopic (exact) mass is 392 g/mol. The van der Waals surface area contributed by atoms with Crippen LogP contribution in [0.3, 0.4) is 0 Å². The number of likely N-dealkylation sites (N-methyl/N-ethyl adjacent to an activating group) is 1. The molecule has 2 atom stereocenters. The van der Waals surface area contributed by atoms with Crippen LogP contribution in [0.2, 0.25) is 0 Å². The molecule has 7 heteroatoms. The summed E-state index contributed by atoms with van der Waals surface area (Å²) in [6, 6.07) is -0.422. The lowest BCUT2D eigenvalue weighted by atomic mass is 9.78. The maximum atomic E-state index is 13.0. The molecular formula is C21H32N2O5. The van der Waals surface area contributed by atoms with E-state index >= 15 is 0 Å². The van der Waals surface area contributed by atoms with Crippen LogP contribution < -0.4 is 0 Å². The first-order valence-electron chi connectivity index (χ1n) is 10.2. The van der Waals surface area contributed by atoms with Crippen molar-refractivity contribution >= 4 is 17.9 Å². The van der Waals surface area contributed by atoms with Gasteiger partial charge in [-0.15, -0.1) is 0 Å². The summed E-state index contributed by atoms with van der Waals surface area (Å²) < 4.78 is 5.62. The summed E-state index contributed by atoms with van der Waals surface area (Å²) in [5.74, 6) is -0.875. The van der Waals surface area contributed by atoms with E-state index in [2.05, 4.69) is 0 Å². The van der Waals surface area contributed by atoms with Gasteiger partial charge in [-0.1, -0.05) is 25.3 Å². The lowest BCUT2D eigenvalue weighted by Crippen LogP contribution is -2.49. The van der Waals surface area contributed by atoms with Crippen LogP contribution in [0.4, 0.5) is 4.79 Å². The van der Waals surface area contributed by atoms with Crippen molar-refractivity contribution in [3.63, 3.8) is 0 Å². The van der Waals surface area contributed by atoms with E-state index in [1.807, 2.05) is 13.0 Å². The summed E-state index contributed by atoms with van der Waals surface area (Å²) in [5.41, 5.74) is -0.713. The highest BCUT2D eigenvalue weighted by molar-refractivity contribution is 6.08. The number of aliphatic hydroxyl groups is 1. The molecule has 2 fully saturated rings. The zero-order valence-corrected chi connectivity index (χ0v) is 17.4. The molecule has 1 heterocycles. The summed E-state index contributed by atoms with van der Waals surface area (Å²) in [4.78, 5) is 40.8. The molecule has 0 radical (unpaired) electrons. The van der Waals surface area contributed by atoms with Crippen molar-refractivity contribution in [2.24, 2.45) is 5.92 Å². The Labute approximate surface area is 166 Å². The molecule has 28 heavy (non-hydrogen) atoms. The number of nitrogens with zero attached hydrogens (tertiary/aromatic N) is 2. The van der Waals surface area contributed by atoms with Crippen LogP contribution in [0.1, 0.15) is 65.7 Å². The number of amides is 3. The van der Waals surface area contributed by atoms with Gasteiger partial charge in [0, 0.05) is 7.05 Å². The molecule has 3 rings (SSSR count). The molecule has 0 aromatic rings. The van der Waals surface area contributed by atoms with Crippen LogP contribution in [0.25, 0.3) is 0 Å². The van der Waals surface area contributed by atoms with E-state index in [9.17, 15) is 19.5 Å². The Kier molecular flexibility index (Phi) is 5.58. The summed E-state index contributed by atoms with van der Waals surface area (Å²) in [7, 11) is 1.65. The Bertz CT molecular complexity index is 687. The number of esters is 1. The van der Waals surface area contributed by atoms with Crippen molar-refractivity contribution in [2.75, 3.05) is 13.6 Å². The number of ether oxygens (including phenoxy) is 1. The molecule has 1 saturated heterocycles. The van der Waals surface area contributed by atoms with Gasteiger partial charge < -0.3 is 14.7 Å². The minimum absolute atomic E-state index is 0.0132. The Morgan fingerprint density at radius 1 is 1.29 bits per heavy atom. The Hall–Kier alpha value is -1.89. The Morgan fingerprint density at radius 2 is 1.93 bits per heavy atom. The first-order chi connectivity index (χ1) is 13.1. The summed E-state index contributed by atoms with van der Waals surface area (Å²) in [6.45, 7) is 5.05. The smallest absolute Gasteiger partial charge is 0.327 e. The van der Waals surface area contributed by atoms with E-state index in [0.29, 0.717) is 19.3 Å². The molecule has 1 saturated carbocycles. The summed E-state index contributed by atoms with van der Waals surface area (Å²) in [5, 5.41) is 10.3. The summed E-state index contributed by atoms with van der Waals surface area (Å²) in [6.07, 6.45) is 7.00. The van der Waals surface area contributed by atoms with Crippen molar-refractivity contribution in [3.05, 3.63) is 11.6 Å². The van der Waals surface area contributed by atoms with Crippen LogP contribution in [-0.2, 0) is 14.3 Å². The number of imide groups is 1. The van der Waals surface area contributed by atoms with Crippen LogP contribution in [0, 0.1) is 5.92 Å². The molecular weight excluding hydrogens is 360 g/mol. The maximum Gasteiger partial charge on any atom is 0.327 e. The van der Waals surface area contributed by atoms with Crippen molar-refractivity contribution in [1.29, 1.82) is 0 Å². The van der Waals surface area contributed by atoms with Gasteiger partial charge in [0.05, 0.1) is 5.60 Å². The van der Waals surface area contributed by atoms with Crippen molar-refractivity contribution in [3.8, 4) is 0 Å². The highest BCUT2D eigenvalue weighted by Crippen LogP contribution is 2.39. The van der Waals surface area contributed by atoms with E-state index in [1.54, 1.807) is 20.9 Å². The molecule has 3 amide bonds. The van der Waals surface area contributed by atoms with Gasteiger partial charge in [0.15, 0.2) is 0 Å². The fourth-order valence-corrected chi connectivity index (χ4v) is 4.71. The predicted molar refractivity (Wildman–Crippen MR) is 103 cm³/mol. The van der Waals surface area contributed by atoms with Gasteiger partial charge >= 0.3 is 12.0 Å². The Morgan fingerprint density at radius 3 is 2.54 bits per heavy atom. The van der Waals surface area contributed by atoms with Gasteiger partial charge in [-0.25, -0.2) is 4.79 Å². The number of rotatable bonds is 4. The molecule has 0 aromatic heterocycles. The van der Waals surface area contributed by atoms with Gasteiger partial charge in [-0.05, 0) is 57.9 Å². The first-order valence-corrected chi connectivity index (χ1v) is 10.2. The van der Waals surface area contributed by atoms with Gasteiger partial charge in [0.25, 0.3) is 5.91 Å². The quantitative estimate of drug-likeness (QED) is 0.451. The number of urea groups is 1. The molecule has 0 unspecified atom stereocenters. The van der Waals surface area contributed by atoms with Crippen molar-refractivity contribution in [2.45, 2.75) is 83.0 Å². The number of hydrogen-bond acceptors (Lipinski definition) is 5. The molecule has 7 nitrogen and oxygen atoms in total. The van der Waals surface area contributed by atoms with Gasteiger partial charge in [0.2, 0.25) is 0 Å². The van der Waals surface area contributed by atoms with E-state index in [1.165, 1.54) is 4.90 Å². The van der Waals surface area contributed by atoms with E-state index < -0.39 is 29.2 Å². The molecule has 1 spiro atoms. The third-order valence-corrected chi connectivity index (χ3v) is 6.77. The number of hydrogen-bond donors (Lipinski definition) is 1. The number of carbonyl (C=O) groups excluding carboxylic acids is 3. The minimum atomic E-state index is -0.862. The first kappa shape index (κ1) is 20.8. The predicted octanol–water partition coefficient (Wildman–Crippen LogP) is 2.62. The molecule has 156 valence electrons. The largest absolute Gasteiger partial charge is 0.457 e. The standard InChI is InChI=1S/C21H32N2O5/c1-14-8-9-15(20(2,3)27)12-16(14)28-17(24)13-23-18(25)21(22(4)19(23)26)10-6-5-7-11-21/h8,15-16,27H,5-7,9-13H2,1-4H3/t15-,16+/m1/s1. The minimum Gasteiger partial charge on any atom is -0.457 e. The number of allylic oxidation sites excluding steroid dienone is 1. The van der Waals surface area contributed by atoms with E-state index in [0.717, 1.165) is 36.2 Å². The average molecular weight is 392 g/mol. The molecule has 1 N–H and O–H groups in total. The summed E-state index contributed by atoms with van der Waals surface area (Å²) >= 11 is 0. The van der Waals surface area contributed by atoms with Gasteiger partial charge in [-0.2, -0.15) is 0 Å². The van der Waals surface area contributed by atoms with Gasteiger partial charge in [0.1, 0.15) is 18.2 Å². The van der Waals surface area contributed by atoms with Gasteiger partial charge in [-0.3, -0.25) is 14.5 Å². The maximum absolute atomic E-state index is 13.0. The second kappa shape index (κ2) is 7.50. The molecule has 1 aliphatic heterocycles. The third kappa shape index (κ3) is 3.69. The SMILES string of the molecule is CC1=CC[C@@H](C(C)(C)O)C[C@@H]1OC(=O)CN1C(=O)N(C)C2(CCCCC2)C1=O. The van der Waals surface area contributed by atoms with Crippen LogP contribution >= 0.6 is 0 Å². The van der Waals surface area contributed by atoms with Crippen molar-refractivity contribution < 1.29 is 24.2 Å². The van der Waals surface area contributed by atoms with E-state index in [4.69, 9.17) is 4.74 Å². The fraction of sp³-hybridized carbons (Fsp3) is 0.762. The van der Waals surface area contributed by atoms with Crippen LogP contribution in [0.5, 0.6) is 0 Å². The molecule has 0 aromatic carbocycles. The normalized spacial score (nSPS) is 28.0. The molecule has 2 aliphatic carbocycles. The molecule has 0 bridgehead atoms. The highest BCUT2D eigenvalue weighted by Gasteiger charge is 2.56.